The van der Waals surface area contributed by atoms with Crippen LogP contribution in [0.1, 0.15) is 24.8 Å². The Morgan fingerprint density at radius 2 is 2.00 bits per heavy atom. The second-order valence-electron chi connectivity index (χ2n) is 8.92. The van der Waals surface area contributed by atoms with E-state index in [9.17, 15) is 23.3 Å². The Morgan fingerprint density at radius 1 is 1.26 bits per heavy atom. The largest absolute Gasteiger partial charge is 0.355 e. The van der Waals surface area contributed by atoms with Gasteiger partial charge < -0.3 is 19.7 Å². The van der Waals surface area contributed by atoms with E-state index in [0.717, 1.165) is 0 Å². The average Bonchev–Trinajstić information content (AvgIpc) is 3.44. The van der Waals surface area contributed by atoms with Gasteiger partial charge in [0.05, 0.1) is 30.3 Å². The van der Waals surface area contributed by atoms with Crippen molar-refractivity contribution >= 4 is 33.3 Å². The van der Waals surface area contributed by atoms with Gasteiger partial charge in [0.25, 0.3) is 11.5 Å². The molecule has 35 heavy (non-hydrogen) atoms. The van der Waals surface area contributed by atoms with Gasteiger partial charge in [-0.3, -0.25) is 14.0 Å². The number of fused-ring (bicyclic) bond motifs is 1. The lowest BCUT2D eigenvalue weighted by atomic mass is 10.0. The van der Waals surface area contributed by atoms with Crippen molar-refractivity contribution in [1.82, 2.24) is 14.7 Å². The summed E-state index contributed by atoms with van der Waals surface area (Å²) in [5.74, 6) is -1.13. The van der Waals surface area contributed by atoms with Gasteiger partial charge in [0.1, 0.15) is 23.1 Å². The Kier molecular flexibility index (Phi) is 6.08. The Labute approximate surface area is 201 Å². The SMILES string of the molecule is N#C/C(=C/c1c(N2CCC3(CC2)OCCO3)nc2ccccn2c1=O)C(=O)NC1CCS(=O)(=O)C1. The lowest BCUT2D eigenvalue weighted by molar-refractivity contribution is -0.169. The molecular formula is C23H25N5O6S. The van der Waals surface area contributed by atoms with Crippen LogP contribution in [0.25, 0.3) is 11.7 Å². The number of nitriles is 1. The normalized spacial score (nSPS) is 23.5. The zero-order valence-electron chi connectivity index (χ0n) is 19.0. The number of sulfone groups is 1. The molecular weight excluding hydrogens is 474 g/mol. The van der Waals surface area contributed by atoms with Crippen molar-refractivity contribution in [2.45, 2.75) is 31.1 Å². The third kappa shape index (κ3) is 4.67. The summed E-state index contributed by atoms with van der Waals surface area (Å²) >= 11 is 0. The molecule has 11 nitrogen and oxygen atoms in total. The number of amides is 1. The molecule has 0 aromatic carbocycles. The van der Waals surface area contributed by atoms with E-state index in [0.29, 0.717) is 50.6 Å². The highest BCUT2D eigenvalue weighted by Crippen LogP contribution is 2.33. The molecule has 184 valence electrons. The predicted octanol–water partition coefficient (Wildman–Crippen LogP) is 0.248. The number of pyridine rings is 1. The highest BCUT2D eigenvalue weighted by atomic mass is 32.2. The Hall–Kier alpha value is -3.27. The number of aromatic nitrogens is 2. The molecule has 3 aliphatic rings. The number of carbonyl (C=O) groups is 1. The van der Waals surface area contributed by atoms with Crippen molar-refractivity contribution < 1.29 is 22.7 Å². The van der Waals surface area contributed by atoms with Gasteiger partial charge in [-0.15, -0.1) is 0 Å². The molecule has 12 heteroatoms. The van der Waals surface area contributed by atoms with Crippen LogP contribution in [0.15, 0.2) is 34.8 Å². The number of rotatable bonds is 4. The highest BCUT2D eigenvalue weighted by Gasteiger charge is 2.40. The van der Waals surface area contributed by atoms with Crippen molar-refractivity contribution in [1.29, 1.82) is 5.26 Å². The van der Waals surface area contributed by atoms with E-state index in [1.807, 2.05) is 11.0 Å². The molecule has 1 spiro atoms. The topological polar surface area (TPSA) is 143 Å². The fraction of sp³-hybridized carbons (Fsp3) is 0.478. The summed E-state index contributed by atoms with van der Waals surface area (Å²) in [7, 11) is -3.20. The molecule has 1 N–H and O–H groups in total. The summed E-state index contributed by atoms with van der Waals surface area (Å²) in [4.78, 5) is 32.9. The van der Waals surface area contributed by atoms with E-state index in [1.54, 1.807) is 24.4 Å². The first-order chi connectivity index (χ1) is 16.8. The van der Waals surface area contributed by atoms with Crippen LogP contribution in [0, 0.1) is 11.3 Å². The summed E-state index contributed by atoms with van der Waals surface area (Å²) in [6.07, 6.45) is 4.29. The molecule has 2 aromatic heterocycles. The fourth-order valence-corrected chi connectivity index (χ4v) is 6.44. The van der Waals surface area contributed by atoms with Gasteiger partial charge >= 0.3 is 0 Å². The summed E-state index contributed by atoms with van der Waals surface area (Å²) in [5, 5.41) is 12.3. The summed E-state index contributed by atoms with van der Waals surface area (Å²) in [6.45, 7) is 2.13. The number of hydrogen-bond donors (Lipinski definition) is 1. The van der Waals surface area contributed by atoms with E-state index in [2.05, 4.69) is 10.3 Å². The van der Waals surface area contributed by atoms with Crippen LogP contribution < -0.4 is 15.8 Å². The molecule has 0 saturated carbocycles. The molecule has 2 aromatic rings. The van der Waals surface area contributed by atoms with Gasteiger partial charge in [0, 0.05) is 38.2 Å². The molecule has 3 saturated heterocycles. The molecule has 3 fully saturated rings. The van der Waals surface area contributed by atoms with E-state index < -0.39 is 33.1 Å². The second kappa shape index (κ2) is 9.07. The highest BCUT2D eigenvalue weighted by molar-refractivity contribution is 7.91. The third-order valence-corrected chi connectivity index (χ3v) is 8.38. The molecule has 3 aliphatic heterocycles. The van der Waals surface area contributed by atoms with Gasteiger partial charge in [-0.1, -0.05) is 6.07 Å². The van der Waals surface area contributed by atoms with Crippen LogP contribution in [0.3, 0.4) is 0 Å². The van der Waals surface area contributed by atoms with Crippen molar-refractivity contribution in [3.8, 4) is 6.07 Å². The fourth-order valence-electron chi connectivity index (χ4n) is 4.77. The molecule has 1 unspecified atom stereocenters. The van der Waals surface area contributed by atoms with Crippen LogP contribution in [-0.4, -0.2) is 73.3 Å². The first kappa shape index (κ1) is 23.5. The van der Waals surface area contributed by atoms with Gasteiger partial charge in [-0.05, 0) is 24.6 Å². The van der Waals surface area contributed by atoms with Crippen molar-refractivity contribution in [2.24, 2.45) is 0 Å². The van der Waals surface area contributed by atoms with E-state index >= 15 is 0 Å². The summed E-state index contributed by atoms with van der Waals surface area (Å²) < 4.78 is 36.4. The van der Waals surface area contributed by atoms with Crippen LogP contribution in [0.4, 0.5) is 5.82 Å². The molecule has 0 aliphatic carbocycles. The number of nitrogens with zero attached hydrogens (tertiary/aromatic N) is 4. The maximum Gasteiger partial charge on any atom is 0.267 e. The average molecular weight is 500 g/mol. The lowest BCUT2D eigenvalue weighted by Gasteiger charge is -2.38. The van der Waals surface area contributed by atoms with E-state index in [4.69, 9.17) is 9.47 Å². The molecule has 0 radical (unpaired) electrons. The number of ether oxygens (including phenoxy) is 2. The van der Waals surface area contributed by atoms with Crippen molar-refractivity contribution in [3.05, 3.63) is 45.9 Å². The van der Waals surface area contributed by atoms with Crippen molar-refractivity contribution in [3.63, 3.8) is 0 Å². The zero-order chi connectivity index (χ0) is 24.6. The number of piperidine rings is 1. The quantitative estimate of drug-likeness (QED) is 0.462. The minimum atomic E-state index is -3.20. The minimum absolute atomic E-state index is 0.00643. The Balaban J connectivity index is 1.50. The van der Waals surface area contributed by atoms with Gasteiger partial charge in [-0.25, -0.2) is 13.4 Å². The third-order valence-electron chi connectivity index (χ3n) is 6.61. The van der Waals surface area contributed by atoms with Crippen LogP contribution in [0.2, 0.25) is 0 Å². The first-order valence-corrected chi connectivity index (χ1v) is 13.3. The molecule has 1 atom stereocenters. The number of nitrogens with one attached hydrogen (secondary N) is 1. The minimum Gasteiger partial charge on any atom is -0.355 e. The molecule has 1 amide bonds. The molecule has 5 rings (SSSR count). The van der Waals surface area contributed by atoms with Crippen LogP contribution in [-0.2, 0) is 24.1 Å². The monoisotopic (exact) mass is 499 g/mol. The van der Waals surface area contributed by atoms with Gasteiger partial charge in [0.15, 0.2) is 15.6 Å². The summed E-state index contributed by atoms with van der Waals surface area (Å²) in [5.41, 5.74) is -0.148. The lowest BCUT2D eigenvalue weighted by Crippen LogP contribution is -2.46. The Bertz CT molecular complexity index is 1390. The molecule has 0 bridgehead atoms. The Morgan fingerprint density at radius 3 is 2.66 bits per heavy atom. The zero-order valence-corrected chi connectivity index (χ0v) is 19.8. The smallest absolute Gasteiger partial charge is 0.267 e. The predicted molar refractivity (Wildman–Crippen MR) is 126 cm³/mol. The number of hydrogen-bond acceptors (Lipinski definition) is 9. The van der Waals surface area contributed by atoms with Crippen LogP contribution in [0.5, 0.6) is 0 Å². The second-order valence-corrected chi connectivity index (χ2v) is 11.1. The van der Waals surface area contributed by atoms with Crippen LogP contribution >= 0.6 is 0 Å². The number of carbonyl (C=O) groups excluding carboxylic acids is 1. The van der Waals surface area contributed by atoms with Gasteiger partial charge in [-0.2, -0.15) is 5.26 Å². The summed E-state index contributed by atoms with van der Waals surface area (Å²) in [6, 6.07) is 6.47. The standard InChI is InChI=1S/C23H25N5O6S/c24-14-16(21(29)25-17-4-12-35(31,32)15-17)13-18-20(26-19-3-1-2-7-28(19)22(18)30)27-8-5-23(6-9-27)33-10-11-34-23/h1-3,7,13,17H,4-6,8-12,15H2,(H,25,29)/b16-13-. The maximum absolute atomic E-state index is 13.4. The van der Waals surface area contributed by atoms with E-state index in [-0.39, 0.29) is 29.1 Å². The van der Waals surface area contributed by atoms with Crippen molar-refractivity contribution in [2.75, 3.05) is 42.7 Å². The van der Waals surface area contributed by atoms with E-state index in [1.165, 1.54) is 10.5 Å². The molecule has 5 heterocycles. The first-order valence-electron chi connectivity index (χ1n) is 11.5. The number of anilines is 1. The van der Waals surface area contributed by atoms with Gasteiger partial charge in [0.2, 0.25) is 0 Å². The maximum atomic E-state index is 13.4.